The smallest absolute Gasteiger partial charge is 0.262 e. The molecule has 1 aliphatic rings. The third-order valence-electron chi connectivity index (χ3n) is 3.37. The number of pyridine rings is 1. The number of hydrogen-bond acceptors (Lipinski definition) is 5. The Morgan fingerprint density at radius 3 is 3.20 bits per heavy atom. The Hall–Kier alpha value is -1.79. The zero-order valence-corrected chi connectivity index (χ0v) is 11.2. The van der Waals surface area contributed by atoms with Crippen LogP contribution in [0.15, 0.2) is 29.5 Å². The molecule has 0 saturated carbocycles. The number of aromatic nitrogens is 3. The summed E-state index contributed by atoms with van der Waals surface area (Å²) in [7, 11) is 0. The van der Waals surface area contributed by atoms with Crippen molar-refractivity contribution in [2.45, 2.75) is 32.1 Å². The van der Waals surface area contributed by atoms with Crippen LogP contribution in [0.4, 0.5) is 0 Å². The Balaban J connectivity index is 1.65. The van der Waals surface area contributed by atoms with E-state index < -0.39 is 0 Å². The van der Waals surface area contributed by atoms with E-state index in [0.29, 0.717) is 24.2 Å². The Kier molecular flexibility index (Phi) is 4.03. The average molecular weight is 275 g/mol. The van der Waals surface area contributed by atoms with Gasteiger partial charge in [-0.25, -0.2) is 9.97 Å². The minimum atomic E-state index is -0.130. The highest BCUT2D eigenvalue weighted by Crippen LogP contribution is 2.13. The third kappa shape index (κ3) is 2.86. The van der Waals surface area contributed by atoms with Crippen molar-refractivity contribution in [3.05, 3.63) is 35.0 Å². The molecule has 2 aromatic heterocycles. The molecule has 0 aromatic carbocycles. The van der Waals surface area contributed by atoms with Gasteiger partial charge in [-0.1, -0.05) is 0 Å². The number of nitrogens with zero attached hydrogens (tertiary/aromatic N) is 3. The average Bonchev–Trinajstić information content (AvgIpc) is 2.51. The highest BCUT2D eigenvalue weighted by Gasteiger charge is 2.13. The molecule has 2 aromatic rings. The summed E-state index contributed by atoms with van der Waals surface area (Å²) in [6, 6.07) is 3.47. The predicted molar refractivity (Wildman–Crippen MR) is 73.3 cm³/mol. The van der Waals surface area contributed by atoms with Gasteiger partial charge in [0.1, 0.15) is 6.33 Å². The molecule has 1 atom stereocenters. The number of ether oxygens (including phenoxy) is 2. The molecule has 20 heavy (non-hydrogen) atoms. The van der Waals surface area contributed by atoms with Gasteiger partial charge < -0.3 is 9.47 Å². The molecule has 6 nitrogen and oxygen atoms in total. The second-order valence-electron chi connectivity index (χ2n) is 4.78. The summed E-state index contributed by atoms with van der Waals surface area (Å²) in [5.41, 5.74) is 0.390. The van der Waals surface area contributed by atoms with Gasteiger partial charge in [-0.05, 0) is 31.4 Å². The molecule has 6 heteroatoms. The standard InChI is InChI=1S/C14H17N3O3/c18-14-11-4-3-6-15-13(11)16-10-17(14)7-9-20-12-5-1-2-8-19-12/h3-4,6,10,12H,1-2,5,7-9H2/t12-/m0/s1. The van der Waals surface area contributed by atoms with Gasteiger partial charge in [0, 0.05) is 12.8 Å². The Bertz CT molecular complexity index is 635. The molecule has 0 bridgehead atoms. The van der Waals surface area contributed by atoms with Crippen LogP contribution in [-0.4, -0.2) is 34.0 Å². The van der Waals surface area contributed by atoms with Gasteiger partial charge in [-0.2, -0.15) is 0 Å². The largest absolute Gasteiger partial charge is 0.353 e. The molecular weight excluding hydrogens is 258 g/mol. The van der Waals surface area contributed by atoms with Crippen molar-refractivity contribution in [1.82, 2.24) is 14.5 Å². The summed E-state index contributed by atoms with van der Waals surface area (Å²) in [6.45, 7) is 1.67. The molecule has 1 aliphatic heterocycles. The first-order valence-electron chi connectivity index (χ1n) is 6.88. The molecular formula is C14H17N3O3. The molecule has 3 rings (SSSR count). The molecule has 0 spiro atoms. The lowest BCUT2D eigenvalue weighted by Gasteiger charge is -2.22. The lowest BCUT2D eigenvalue weighted by Crippen LogP contribution is -2.27. The van der Waals surface area contributed by atoms with Crippen LogP contribution in [0.2, 0.25) is 0 Å². The molecule has 0 aliphatic carbocycles. The van der Waals surface area contributed by atoms with Gasteiger partial charge in [0.05, 0.1) is 18.5 Å². The fourth-order valence-electron chi connectivity index (χ4n) is 2.28. The minimum Gasteiger partial charge on any atom is -0.353 e. The van der Waals surface area contributed by atoms with Crippen molar-refractivity contribution < 1.29 is 9.47 Å². The SMILES string of the molecule is O=c1c2cccnc2ncn1CCO[C@H]1CCCCO1. The van der Waals surface area contributed by atoms with E-state index in [4.69, 9.17) is 9.47 Å². The zero-order chi connectivity index (χ0) is 13.8. The summed E-state index contributed by atoms with van der Waals surface area (Å²) in [6.07, 6.45) is 6.17. The van der Waals surface area contributed by atoms with E-state index in [1.165, 1.54) is 6.33 Å². The maximum Gasteiger partial charge on any atom is 0.262 e. The van der Waals surface area contributed by atoms with Crippen molar-refractivity contribution in [2.24, 2.45) is 0 Å². The topological polar surface area (TPSA) is 66.2 Å². The van der Waals surface area contributed by atoms with Crippen LogP contribution in [0, 0.1) is 0 Å². The monoisotopic (exact) mass is 275 g/mol. The Labute approximate surface area is 116 Å². The zero-order valence-electron chi connectivity index (χ0n) is 11.2. The summed E-state index contributed by atoms with van der Waals surface area (Å²) in [5.74, 6) is 0. The van der Waals surface area contributed by atoms with Crippen LogP contribution in [-0.2, 0) is 16.0 Å². The quantitative estimate of drug-likeness (QED) is 0.842. The number of rotatable bonds is 4. The fourth-order valence-corrected chi connectivity index (χ4v) is 2.28. The van der Waals surface area contributed by atoms with Crippen LogP contribution in [0.1, 0.15) is 19.3 Å². The fraction of sp³-hybridized carbons (Fsp3) is 0.500. The van der Waals surface area contributed by atoms with E-state index in [1.807, 2.05) is 0 Å². The van der Waals surface area contributed by atoms with E-state index in [-0.39, 0.29) is 11.8 Å². The normalized spacial score (nSPS) is 19.3. The molecule has 0 amide bonds. The molecule has 1 saturated heterocycles. The Morgan fingerprint density at radius 2 is 2.35 bits per heavy atom. The van der Waals surface area contributed by atoms with E-state index in [2.05, 4.69) is 9.97 Å². The second kappa shape index (κ2) is 6.11. The highest BCUT2D eigenvalue weighted by atomic mass is 16.7. The van der Waals surface area contributed by atoms with Crippen molar-refractivity contribution in [3.63, 3.8) is 0 Å². The van der Waals surface area contributed by atoms with Gasteiger partial charge in [0.25, 0.3) is 5.56 Å². The third-order valence-corrected chi connectivity index (χ3v) is 3.37. The lowest BCUT2D eigenvalue weighted by molar-refractivity contribution is -0.163. The van der Waals surface area contributed by atoms with Crippen molar-refractivity contribution >= 4 is 11.0 Å². The van der Waals surface area contributed by atoms with E-state index in [1.54, 1.807) is 22.9 Å². The van der Waals surface area contributed by atoms with Crippen LogP contribution in [0.25, 0.3) is 11.0 Å². The number of fused-ring (bicyclic) bond motifs is 1. The molecule has 106 valence electrons. The van der Waals surface area contributed by atoms with Gasteiger partial charge in [-0.15, -0.1) is 0 Å². The van der Waals surface area contributed by atoms with Crippen molar-refractivity contribution in [2.75, 3.05) is 13.2 Å². The predicted octanol–water partition coefficient (Wildman–Crippen LogP) is 1.33. The summed E-state index contributed by atoms with van der Waals surface area (Å²) in [4.78, 5) is 20.4. The molecule has 0 unspecified atom stereocenters. The van der Waals surface area contributed by atoms with Gasteiger partial charge in [0.2, 0.25) is 0 Å². The van der Waals surface area contributed by atoms with E-state index in [9.17, 15) is 4.79 Å². The number of hydrogen-bond donors (Lipinski definition) is 0. The van der Waals surface area contributed by atoms with Crippen LogP contribution in [0.5, 0.6) is 0 Å². The van der Waals surface area contributed by atoms with E-state index >= 15 is 0 Å². The molecule has 3 heterocycles. The highest BCUT2D eigenvalue weighted by molar-refractivity contribution is 5.72. The first-order valence-corrected chi connectivity index (χ1v) is 6.88. The van der Waals surface area contributed by atoms with Crippen LogP contribution in [0.3, 0.4) is 0 Å². The van der Waals surface area contributed by atoms with Crippen LogP contribution >= 0.6 is 0 Å². The summed E-state index contributed by atoms with van der Waals surface area (Å²) >= 11 is 0. The summed E-state index contributed by atoms with van der Waals surface area (Å²) in [5, 5.41) is 0.531. The lowest BCUT2D eigenvalue weighted by atomic mass is 10.2. The maximum absolute atomic E-state index is 12.2. The minimum absolute atomic E-state index is 0.0868. The van der Waals surface area contributed by atoms with Crippen molar-refractivity contribution in [1.29, 1.82) is 0 Å². The van der Waals surface area contributed by atoms with Gasteiger partial charge in [0.15, 0.2) is 11.9 Å². The van der Waals surface area contributed by atoms with Gasteiger partial charge in [-0.3, -0.25) is 9.36 Å². The summed E-state index contributed by atoms with van der Waals surface area (Å²) < 4.78 is 12.7. The Morgan fingerprint density at radius 1 is 1.40 bits per heavy atom. The van der Waals surface area contributed by atoms with Crippen LogP contribution < -0.4 is 5.56 Å². The first kappa shape index (κ1) is 13.2. The maximum atomic E-state index is 12.2. The van der Waals surface area contributed by atoms with Gasteiger partial charge >= 0.3 is 0 Å². The van der Waals surface area contributed by atoms with Crippen molar-refractivity contribution in [3.8, 4) is 0 Å². The van der Waals surface area contributed by atoms with E-state index in [0.717, 1.165) is 25.9 Å². The molecule has 0 N–H and O–H groups in total. The second-order valence-corrected chi connectivity index (χ2v) is 4.78. The first-order chi connectivity index (χ1) is 9.84. The molecule has 1 fully saturated rings. The molecule has 0 radical (unpaired) electrons.